The molecule has 1 amide bonds. The lowest BCUT2D eigenvalue weighted by molar-refractivity contribution is -0.385. The summed E-state index contributed by atoms with van der Waals surface area (Å²) in [5.41, 5.74) is 0.279. The zero-order chi connectivity index (χ0) is 14.7. The van der Waals surface area contributed by atoms with Gasteiger partial charge < -0.3 is 10.2 Å². The van der Waals surface area contributed by atoms with E-state index in [0.717, 1.165) is 19.4 Å². The lowest BCUT2D eigenvalue weighted by atomic mass is 10.1. The Labute approximate surface area is 137 Å². The quantitative estimate of drug-likeness (QED) is 0.645. The number of hydrogen-bond donors (Lipinski definition) is 1. The van der Waals surface area contributed by atoms with Crippen molar-refractivity contribution in [2.24, 2.45) is 0 Å². The molecule has 1 atom stereocenters. The normalized spacial score (nSPS) is 17.4. The van der Waals surface area contributed by atoms with Crippen molar-refractivity contribution >= 4 is 39.9 Å². The molecule has 8 heteroatoms. The second kappa shape index (κ2) is 7.72. The minimum absolute atomic E-state index is 0. The summed E-state index contributed by atoms with van der Waals surface area (Å²) in [6.45, 7) is 1.44. The predicted octanol–water partition coefficient (Wildman–Crippen LogP) is 2.60. The van der Waals surface area contributed by atoms with E-state index < -0.39 is 4.92 Å². The third kappa shape index (κ3) is 4.15. The summed E-state index contributed by atoms with van der Waals surface area (Å²) in [5, 5.41) is 13.9. The number of rotatable bonds is 4. The van der Waals surface area contributed by atoms with Crippen molar-refractivity contribution in [3.05, 3.63) is 38.3 Å². The molecule has 2 rings (SSSR count). The minimum Gasteiger partial charge on any atom is -0.334 e. The molecule has 0 aromatic heterocycles. The topological polar surface area (TPSA) is 75.5 Å². The Bertz CT molecular complexity index is 541. The first-order valence-electron chi connectivity index (χ1n) is 6.43. The van der Waals surface area contributed by atoms with Crippen LogP contribution in [0.5, 0.6) is 0 Å². The lowest BCUT2D eigenvalue weighted by Crippen LogP contribution is -2.40. The number of nitrogens with zero attached hydrogens (tertiary/aromatic N) is 2. The van der Waals surface area contributed by atoms with Crippen molar-refractivity contribution in [3.8, 4) is 0 Å². The largest absolute Gasteiger partial charge is 0.334 e. The van der Waals surface area contributed by atoms with Gasteiger partial charge in [0.05, 0.1) is 4.92 Å². The van der Waals surface area contributed by atoms with Crippen LogP contribution in [0.2, 0.25) is 0 Å². The molecular formula is C13H17BrClN3O3. The van der Waals surface area contributed by atoms with Gasteiger partial charge in [0.2, 0.25) is 0 Å². The molecule has 1 heterocycles. The number of likely N-dealkylation sites (N-methyl/N-ethyl adjacent to an activating group) is 1. The van der Waals surface area contributed by atoms with Crippen LogP contribution in [0.4, 0.5) is 5.69 Å². The number of hydrogen-bond acceptors (Lipinski definition) is 4. The summed E-state index contributed by atoms with van der Waals surface area (Å²) in [5.74, 6) is -0.146. The molecule has 0 bridgehead atoms. The molecule has 1 unspecified atom stereocenters. The summed E-state index contributed by atoms with van der Waals surface area (Å²) in [4.78, 5) is 24.7. The monoisotopic (exact) mass is 377 g/mol. The number of likely N-dealkylation sites (tertiary alicyclic amines) is 1. The summed E-state index contributed by atoms with van der Waals surface area (Å²) in [6, 6.07) is 4.52. The minimum atomic E-state index is -0.489. The van der Waals surface area contributed by atoms with Gasteiger partial charge in [-0.05, 0) is 26.0 Å². The molecule has 0 aliphatic carbocycles. The van der Waals surface area contributed by atoms with Crippen molar-refractivity contribution in [2.45, 2.75) is 18.9 Å². The third-order valence-corrected chi connectivity index (χ3v) is 3.88. The van der Waals surface area contributed by atoms with E-state index in [1.807, 2.05) is 7.05 Å². The zero-order valence-electron chi connectivity index (χ0n) is 11.5. The van der Waals surface area contributed by atoms with Crippen molar-refractivity contribution in [1.82, 2.24) is 10.2 Å². The highest BCUT2D eigenvalue weighted by Crippen LogP contribution is 2.25. The van der Waals surface area contributed by atoms with Gasteiger partial charge >= 0.3 is 0 Å². The van der Waals surface area contributed by atoms with Gasteiger partial charge in [0.15, 0.2) is 0 Å². The van der Waals surface area contributed by atoms with E-state index in [1.54, 1.807) is 11.0 Å². The Morgan fingerprint density at radius 3 is 2.86 bits per heavy atom. The van der Waals surface area contributed by atoms with E-state index in [0.29, 0.717) is 16.6 Å². The Hall–Kier alpha value is -1.18. The van der Waals surface area contributed by atoms with Crippen LogP contribution in [0.1, 0.15) is 23.2 Å². The Kier molecular flexibility index (Phi) is 6.57. The maximum atomic E-state index is 12.5. The van der Waals surface area contributed by atoms with Crippen molar-refractivity contribution < 1.29 is 9.72 Å². The first-order chi connectivity index (χ1) is 9.52. The molecule has 0 spiro atoms. The summed E-state index contributed by atoms with van der Waals surface area (Å²) >= 11 is 3.22. The SMILES string of the molecule is CNCC1CCCN1C(=O)c1cc(Br)cc([N+](=O)[O-])c1.Cl. The highest BCUT2D eigenvalue weighted by atomic mass is 79.9. The number of nitrogens with one attached hydrogen (secondary N) is 1. The highest BCUT2D eigenvalue weighted by Gasteiger charge is 2.29. The van der Waals surface area contributed by atoms with E-state index in [9.17, 15) is 14.9 Å². The average Bonchev–Trinajstić information content (AvgIpc) is 2.85. The zero-order valence-corrected chi connectivity index (χ0v) is 13.9. The smallest absolute Gasteiger partial charge is 0.271 e. The average molecular weight is 379 g/mol. The molecule has 0 radical (unpaired) electrons. The van der Waals surface area contributed by atoms with Crippen LogP contribution >= 0.6 is 28.3 Å². The number of halogens is 2. The van der Waals surface area contributed by atoms with Gasteiger partial charge in [-0.2, -0.15) is 0 Å². The van der Waals surface area contributed by atoms with Crippen molar-refractivity contribution in [2.75, 3.05) is 20.1 Å². The van der Waals surface area contributed by atoms with Gasteiger partial charge in [0.25, 0.3) is 11.6 Å². The van der Waals surface area contributed by atoms with Crippen LogP contribution in [-0.4, -0.2) is 41.9 Å². The number of carbonyl (C=O) groups is 1. The van der Waals surface area contributed by atoms with E-state index in [-0.39, 0.29) is 30.0 Å². The standard InChI is InChI=1S/C13H16BrN3O3.ClH/c1-15-8-11-3-2-4-16(11)13(18)9-5-10(14)7-12(6-9)17(19)20;/h5-7,11,15H,2-4,8H2,1H3;1H. The molecule has 1 aliphatic rings. The Balaban J connectivity index is 0.00000220. The third-order valence-electron chi connectivity index (χ3n) is 3.42. The maximum Gasteiger partial charge on any atom is 0.271 e. The number of benzene rings is 1. The molecule has 1 aromatic carbocycles. The molecule has 0 saturated carbocycles. The summed E-state index contributed by atoms with van der Waals surface area (Å²) < 4.78 is 0.541. The molecule has 1 aliphatic heterocycles. The number of non-ortho nitro benzene ring substituents is 1. The van der Waals surface area contributed by atoms with Gasteiger partial charge in [0.1, 0.15) is 0 Å². The van der Waals surface area contributed by atoms with Gasteiger partial charge in [-0.3, -0.25) is 14.9 Å². The number of carbonyl (C=O) groups excluding carboxylic acids is 1. The van der Waals surface area contributed by atoms with E-state index >= 15 is 0 Å². The molecular weight excluding hydrogens is 362 g/mol. The number of nitro groups is 1. The summed E-state index contributed by atoms with van der Waals surface area (Å²) in [7, 11) is 1.85. The number of nitro benzene ring substituents is 1. The van der Waals surface area contributed by atoms with Crippen LogP contribution in [0, 0.1) is 10.1 Å². The molecule has 1 saturated heterocycles. The first kappa shape index (κ1) is 17.9. The van der Waals surface area contributed by atoms with Crippen LogP contribution in [0.15, 0.2) is 22.7 Å². The molecule has 21 heavy (non-hydrogen) atoms. The van der Waals surface area contributed by atoms with Crippen LogP contribution in [0.25, 0.3) is 0 Å². The van der Waals surface area contributed by atoms with Crippen LogP contribution in [0.3, 0.4) is 0 Å². The molecule has 1 aromatic rings. The van der Waals surface area contributed by atoms with Gasteiger partial charge in [-0.15, -0.1) is 12.4 Å². The Morgan fingerprint density at radius 1 is 1.52 bits per heavy atom. The van der Waals surface area contributed by atoms with Crippen LogP contribution in [-0.2, 0) is 0 Å². The molecule has 6 nitrogen and oxygen atoms in total. The first-order valence-corrected chi connectivity index (χ1v) is 7.22. The van der Waals surface area contributed by atoms with Gasteiger partial charge in [-0.1, -0.05) is 15.9 Å². The predicted molar refractivity (Wildman–Crippen MR) is 86.0 cm³/mol. The fourth-order valence-corrected chi connectivity index (χ4v) is 3.00. The second-order valence-electron chi connectivity index (χ2n) is 4.81. The van der Waals surface area contributed by atoms with Crippen molar-refractivity contribution in [1.29, 1.82) is 0 Å². The lowest BCUT2D eigenvalue weighted by Gasteiger charge is -2.24. The van der Waals surface area contributed by atoms with E-state index in [2.05, 4.69) is 21.2 Å². The Morgan fingerprint density at radius 2 is 2.24 bits per heavy atom. The fourth-order valence-electron chi connectivity index (χ4n) is 2.52. The van der Waals surface area contributed by atoms with Crippen molar-refractivity contribution in [3.63, 3.8) is 0 Å². The molecule has 1 fully saturated rings. The van der Waals surface area contributed by atoms with E-state index in [4.69, 9.17) is 0 Å². The fraction of sp³-hybridized carbons (Fsp3) is 0.462. The highest BCUT2D eigenvalue weighted by molar-refractivity contribution is 9.10. The summed E-state index contributed by atoms with van der Waals surface area (Å²) in [6.07, 6.45) is 1.93. The molecule has 1 N–H and O–H groups in total. The maximum absolute atomic E-state index is 12.5. The van der Waals surface area contributed by atoms with E-state index in [1.165, 1.54) is 12.1 Å². The number of amides is 1. The van der Waals surface area contributed by atoms with Gasteiger partial charge in [0, 0.05) is 41.3 Å². The second-order valence-corrected chi connectivity index (χ2v) is 5.72. The van der Waals surface area contributed by atoms with Gasteiger partial charge in [-0.25, -0.2) is 0 Å². The molecule has 116 valence electrons. The van der Waals surface area contributed by atoms with Crippen LogP contribution < -0.4 is 5.32 Å².